The van der Waals surface area contributed by atoms with E-state index >= 15 is 0 Å². The van der Waals surface area contributed by atoms with E-state index in [1.54, 1.807) is 11.0 Å². The first kappa shape index (κ1) is 12.8. The zero-order valence-electron chi connectivity index (χ0n) is 10.5. The molecule has 7 nitrogen and oxygen atoms in total. The first-order chi connectivity index (χ1) is 9.65. The molecule has 1 aliphatic rings. The molecule has 0 bridgehead atoms. The van der Waals surface area contributed by atoms with Gasteiger partial charge in [0.05, 0.1) is 15.1 Å². The number of aromatic nitrogens is 1. The Balaban J connectivity index is 1.99. The summed E-state index contributed by atoms with van der Waals surface area (Å²) in [7, 11) is 0. The van der Waals surface area contributed by atoms with Gasteiger partial charge in [0.1, 0.15) is 0 Å². The molecule has 1 fully saturated rings. The van der Waals surface area contributed by atoms with Crippen LogP contribution >= 0.6 is 11.3 Å². The predicted octanol–water partition coefficient (Wildman–Crippen LogP) is 2.51. The van der Waals surface area contributed by atoms with E-state index in [9.17, 15) is 14.9 Å². The molecule has 0 unspecified atom stereocenters. The van der Waals surface area contributed by atoms with E-state index in [1.807, 2.05) is 0 Å². The van der Waals surface area contributed by atoms with Gasteiger partial charge < -0.3 is 5.32 Å². The van der Waals surface area contributed by atoms with Crippen LogP contribution in [0.4, 0.5) is 15.6 Å². The Morgan fingerprint density at radius 3 is 3.05 bits per heavy atom. The zero-order valence-corrected chi connectivity index (χ0v) is 11.4. The lowest BCUT2D eigenvalue weighted by molar-refractivity contribution is -0.384. The van der Waals surface area contributed by atoms with Gasteiger partial charge in [-0.05, 0) is 18.9 Å². The van der Waals surface area contributed by atoms with Crippen molar-refractivity contribution in [3.05, 3.63) is 28.3 Å². The molecule has 104 valence electrons. The summed E-state index contributed by atoms with van der Waals surface area (Å²) in [5.74, 6) is 0. The number of anilines is 1. The number of benzene rings is 1. The minimum Gasteiger partial charge on any atom is -0.338 e. The average molecular weight is 292 g/mol. The number of urea groups is 1. The number of non-ortho nitro benzene ring substituents is 1. The van der Waals surface area contributed by atoms with E-state index in [2.05, 4.69) is 10.3 Å². The summed E-state index contributed by atoms with van der Waals surface area (Å²) in [4.78, 5) is 28.3. The summed E-state index contributed by atoms with van der Waals surface area (Å²) in [6.45, 7) is 1.29. The summed E-state index contributed by atoms with van der Waals surface area (Å²) in [6.07, 6.45) is 1.85. The molecule has 2 heterocycles. The minimum absolute atomic E-state index is 0.0352. The van der Waals surface area contributed by atoms with Crippen LogP contribution in [-0.4, -0.2) is 29.0 Å². The van der Waals surface area contributed by atoms with Crippen molar-refractivity contribution in [3.8, 4) is 0 Å². The Kier molecular flexibility index (Phi) is 3.23. The molecular formula is C12H12N4O3S. The highest BCUT2D eigenvalue weighted by Crippen LogP contribution is 2.31. The lowest BCUT2D eigenvalue weighted by atomic mass is 10.3. The Morgan fingerprint density at radius 1 is 1.40 bits per heavy atom. The van der Waals surface area contributed by atoms with Crippen LogP contribution < -0.4 is 10.2 Å². The molecule has 1 saturated heterocycles. The summed E-state index contributed by atoms with van der Waals surface area (Å²) in [6, 6.07) is 4.38. The van der Waals surface area contributed by atoms with Crippen molar-refractivity contribution in [1.29, 1.82) is 0 Å². The van der Waals surface area contributed by atoms with Crippen LogP contribution in [0.2, 0.25) is 0 Å². The second-order valence-electron chi connectivity index (χ2n) is 4.50. The fourth-order valence-corrected chi connectivity index (χ4v) is 3.12. The molecule has 1 N–H and O–H groups in total. The fraction of sp³-hybridized carbons (Fsp3) is 0.333. The summed E-state index contributed by atoms with van der Waals surface area (Å²) in [5, 5.41) is 14.2. The maximum Gasteiger partial charge on any atom is 0.323 e. The molecule has 0 saturated carbocycles. The summed E-state index contributed by atoms with van der Waals surface area (Å²) in [5.41, 5.74) is 0.709. The van der Waals surface area contributed by atoms with Gasteiger partial charge in [0.15, 0.2) is 5.13 Å². The molecule has 1 aliphatic heterocycles. The van der Waals surface area contributed by atoms with Crippen molar-refractivity contribution < 1.29 is 9.72 Å². The van der Waals surface area contributed by atoms with Crippen molar-refractivity contribution in [2.24, 2.45) is 0 Å². The number of hydrogen-bond acceptors (Lipinski definition) is 5. The van der Waals surface area contributed by atoms with E-state index < -0.39 is 4.92 Å². The van der Waals surface area contributed by atoms with Gasteiger partial charge in [0.25, 0.3) is 5.69 Å². The number of nitro benzene ring substituents is 1. The van der Waals surface area contributed by atoms with Crippen molar-refractivity contribution in [2.45, 2.75) is 12.8 Å². The minimum atomic E-state index is -0.433. The van der Waals surface area contributed by atoms with Crippen LogP contribution in [0.3, 0.4) is 0 Å². The number of amides is 2. The van der Waals surface area contributed by atoms with Gasteiger partial charge in [0.2, 0.25) is 0 Å². The molecule has 3 rings (SSSR count). The van der Waals surface area contributed by atoms with E-state index in [1.165, 1.54) is 23.5 Å². The maximum atomic E-state index is 11.9. The number of nitro groups is 1. The lowest BCUT2D eigenvalue weighted by Crippen LogP contribution is -2.38. The molecule has 0 radical (unpaired) electrons. The molecule has 1 aromatic carbocycles. The first-order valence-corrected chi connectivity index (χ1v) is 7.07. The Labute approximate surface area is 118 Å². The monoisotopic (exact) mass is 292 g/mol. The molecule has 0 aliphatic carbocycles. The smallest absolute Gasteiger partial charge is 0.323 e. The second-order valence-corrected chi connectivity index (χ2v) is 5.51. The summed E-state index contributed by atoms with van der Waals surface area (Å²) < 4.78 is 0.714. The van der Waals surface area contributed by atoms with Crippen LogP contribution in [0.5, 0.6) is 0 Å². The topological polar surface area (TPSA) is 88.4 Å². The van der Waals surface area contributed by atoms with Crippen LogP contribution in [-0.2, 0) is 0 Å². The van der Waals surface area contributed by atoms with Crippen molar-refractivity contribution in [3.63, 3.8) is 0 Å². The molecule has 2 amide bonds. The van der Waals surface area contributed by atoms with Gasteiger partial charge in [-0.25, -0.2) is 9.78 Å². The van der Waals surface area contributed by atoms with Crippen LogP contribution in [0.25, 0.3) is 10.2 Å². The number of nitrogens with zero attached hydrogens (tertiary/aromatic N) is 3. The Morgan fingerprint density at radius 2 is 2.25 bits per heavy atom. The molecule has 1 aromatic heterocycles. The number of thiazole rings is 1. The Hall–Kier alpha value is -2.22. The first-order valence-electron chi connectivity index (χ1n) is 6.25. The summed E-state index contributed by atoms with van der Waals surface area (Å²) >= 11 is 1.30. The van der Waals surface area contributed by atoms with Gasteiger partial charge in [0, 0.05) is 25.2 Å². The quantitative estimate of drug-likeness (QED) is 0.680. The molecule has 0 atom stereocenters. The number of nitrogens with one attached hydrogen (secondary N) is 1. The number of carbonyl (C=O) groups excluding carboxylic acids is 1. The zero-order chi connectivity index (χ0) is 14.1. The van der Waals surface area contributed by atoms with Crippen molar-refractivity contribution >= 4 is 38.4 Å². The third-order valence-electron chi connectivity index (χ3n) is 3.13. The van der Waals surface area contributed by atoms with Crippen LogP contribution in [0.1, 0.15) is 12.8 Å². The third kappa shape index (κ3) is 2.29. The average Bonchev–Trinajstić information content (AvgIpc) is 2.72. The van der Waals surface area contributed by atoms with Crippen LogP contribution in [0, 0.1) is 10.1 Å². The fourth-order valence-electron chi connectivity index (χ4n) is 2.10. The number of carbonyl (C=O) groups is 1. The molecular weight excluding hydrogens is 280 g/mol. The van der Waals surface area contributed by atoms with Gasteiger partial charge in [-0.1, -0.05) is 11.3 Å². The number of rotatable bonds is 2. The Bertz CT molecular complexity index is 684. The van der Waals surface area contributed by atoms with E-state index in [4.69, 9.17) is 0 Å². The van der Waals surface area contributed by atoms with Crippen LogP contribution in [0.15, 0.2) is 18.2 Å². The highest BCUT2D eigenvalue weighted by Gasteiger charge is 2.21. The van der Waals surface area contributed by atoms with Gasteiger partial charge >= 0.3 is 6.03 Å². The predicted molar refractivity (Wildman–Crippen MR) is 76.3 cm³/mol. The van der Waals surface area contributed by atoms with E-state index in [-0.39, 0.29) is 11.7 Å². The molecule has 8 heteroatoms. The largest absolute Gasteiger partial charge is 0.338 e. The highest BCUT2D eigenvalue weighted by atomic mass is 32.1. The molecule has 0 spiro atoms. The number of hydrogen-bond donors (Lipinski definition) is 1. The molecule has 20 heavy (non-hydrogen) atoms. The van der Waals surface area contributed by atoms with Gasteiger partial charge in [-0.2, -0.15) is 0 Å². The van der Waals surface area contributed by atoms with Crippen molar-refractivity contribution in [1.82, 2.24) is 10.3 Å². The molecule has 2 aromatic rings. The lowest BCUT2D eigenvalue weighted by Gasteiger charge is -2.16. The van der Waals surface area contributed by atoms with E-state index in [0.717, 1.165) is 12.8 Å². The number of fused-ring (bicyclic) bond motifs is 1. The highest BCUT2D eigenvalue weighted by molar-refractivity contribution is 7.22. The van der Waals surface area contributed by atoms with E-state index in [0.29, 0.717) is 28.4 Å². The normalized spacial score (nSPS) is 16.0. The second kappa shape index (κ2) is 5.04. The standard InChI is InChI=1S/C12H12N4O3S/c17-11-13-5-1-2-6-15(11)12-14-9-4-3-8(16(18)19)7-10(9)20-12/h3-4,7H,1-2,5-6H2,(H,13,17). The van der Waals surface area contributed by atoms with Gasteiger partial charge in [-0.15, -0.1) is 0 Å². The SMILES string of the molecule is O=C1NCCCCN1c1nc2ccc([N+](=O)[O-])cc2s1. The van der Waals surface area contributed by atoms with Crippen molar-refractivity contribution in [2.75, 3.05) is 18.0 Å². The maximum absolute atomic E-state index is 11.9. The van der Waals surface area contributed by atoms with Gasteiger partial charge in [-0.3, -0.25) is 15.0 Å². The third-order valence-corrected chi connectivity index (χ3v) is 4.17.